The Bertz CT molecular complexity index is 844. The van der Waals surface area contributed by atoms with Crippen LogP contribution in [-0.2, 0) is 5.75 Å². The molecule has 0 atom stereocenters. The van der Waals surface area contributed by atoms with Crippen molar-refractivity contribution in [2.75, 3.05) is 12.4 Å². The number of hydrogen-bond acceptors (Lipinski definition) is 4. The second kappa shape index (κ2) is 8.61. The van der Waals surface area contributed by atoms with Crippen LogP contribution in [0.2, 0.25) is 5.02 Å². The molecule has 25 heavy (non-hydrogen) atoms. The molecule has 0 saturated heterocycles. The molecule has 2 aromatic carbocycles. The Hall–Kier alpha value is -1.69. The largest absolute Gasteiger partial charge is 0.495 e. The normalized spacial score (nSPS) is 10.5. The van der Waals surface area contributed by atoms with Crippen LogP contribution in [0, 0.1) is 0 Å². The Labute approximate surface area is 164 Å². The molecule has 0 aliphatic heterocycles. The van der Waals surface area contributed by atoms with E-state index < -0.39 is 0 Å². The Morgan fingerprint density at radius 1 is 1.16 bits per heavy atom. The smallest absolute Gasteiger partial charge is 0.143 e. The molecule has 1 aromatic heterocycles. The summed E-state index contributed by atoms with van der Waals surface area (Å²) in [5.74, 6) is 2.35. The minimum atomic E-state index is 0.610. The first-order chi connectivity index (χ1) is 12.2. The average molecular weight is 436 g/mol. The summed E-state index contributed by atoms with van der Waals surface area (Å²) < 4.78 is 6.17. The number of aromatic nitrogens is 1. The molecule has 0 saturated carbocycles. The first-order valence-corrected chi connectivity index (χ1v) is 9.74. The number of thioether (sulfide) groups is 1. The fourth-order valence-corrected chi connectivity index (χ4v) is 3.52. The summed E-state index contributed by atoms with van der Waals surface area (Å²) in [5.41, 5.74) is 2.07. The molecule has 1 heterocycles. The molecule has 128 valence electrons. The topological polar surface area (TPSA) is 34.1 Å². The first kappa shape index (κ1) is 18.1. The van der Waals surface area contributed by atoms with E-state index in [9.17, 15) is 0 Å². The fraction of sp³-hybridized carbons (Fsp3) is 0.105. The number of rotatable bonds is 6. The monoisotopic (exact) mass is 434 g/mol. The van der Waals surface area contributed by atoms with E-state index in [2.05, 4.69) is 56.6 Å². The van der Waals surface area contributed by atoms with Crippen LogP contribution in [0.5, 0.6) is 5.75 Å². The minimum Gasteiger partial charge on any atom is -0.495 e. The lowest BCUT2D eigenvalue weighted by atomic mass is 10.2. The quantitative estimate of drug-likeness (QED) is 0.446. The molecule has 0 radical (unpaired) electrons. The predicted octanol–water partition coefficient (Wildman–Crippen LogP) is 6.54. The van der Waals surface area contributed by atoms with Gasteiger partial charge in [0.05, 0.1) is 17.8 Å². The van der Waals surface area contributed by atoms with Crippen LogP contribution in [0.4, 0.5) is 11.5 Å². The van der Waals surface area contributed by atoms with Crippen LogP contribution >= 0.6 is 39.3 Å². The van der Waals surface area contributed by atoms with Crippen molar-refractivity contribution in [2.24, 2.45) is 0 Å². The SMILES string of the molecule is COc1cc(Br)c(Cl)cc1Nc1ccc(SCc2ccccc2)cn1. The van der Waals surface area contributed by atoms with Crippen LogP contribution in [0.3, 0.4) is 0 Å². The second-order valence-electron chi connectivity index (χ2n) is 5.25. The highest BCUT2D eigenvalue weighted by molar-refractivity contribution is 9.10. The summed E-state index contributed by atoms with van der Waals surface area (Å²) in [4.78, 5) is 5.59. The van der Waals surface area contributed by atoms with Crippen molar-refractivity contribution in [1.82, 2.24) is 4.98 Å². The van der Waals surface area contributed by atoms with Crippen molar-refractivity contribution in [1.29, 1.82) is 0 Å². The van der Waals surface area contributed by atoms with E-state index in [0.717, 1.165) is 26.6 Å². The lowest BCUT2D eigenvalue weighted by molar-refractivity contribution is 0.416. The molecule has 0 aliphatic rings. The maximum absolute atomic E-state index is 6.17. The van der Waals surface area contributed by atoms with Gasteiger partial charge in [-0.25, -0.2) is 4.98 Å². The van der Waals surface area contributed by atoms with Gasteiger partial charge >= 0.3 is 0 Å². The van der Waals surface area contributed by atoms with E-state index in [0.29, 0.717) is 10.8 Å². The van der Waals surface area contributed by atoms with Crippen molar-refractivity contribution in [3.05, 3.63) is 75.9 Å². The molecule has 0 fully saturated rings. The molecular weight excluding hydrogens is 420 g/mol. The molecular formula is C19H16BrClN2OS. The zero-order chi connectivity index (χ0) is 17.6. The van der Waals surface area contributed by atoms with Gasteiger partial charge in [-0.05, 0) is 45.8 Å². The van der Waals surface area contributed by atoms with Crippen LogP contribution < -0.4 is 10.1 Å². The fourth-order valence-electron chi connectivity index (χ4n) is 2.21. The van der Waals surface area contributed by atoms with E-state index in [4.69, 9.17) is 16.3 Å². The van der Waals surface area contributed by atoms with Gasteiger partial charge in [-0.3, -0.25) is 0 Å². The van der Waals surface area contributed by atoms with Gasteiger partial charge in [0.15, 0.2) is 0 Å². The Morgan fingerprint density at radius 2 is 1.96 bits per heavy atom. The lowest BCUT2D eigenvalue weighted by Gasteiger charge is -2.12. The number of nitrogens with one attached hydrogen (secondary N) is 1. The minimum absolute atomic E-state index is 0.610. The van der Waals surface area contributed by atoms with Gasteiger partial charge in [-0.15, -0.1) is 11.8 Å². The second-order valence-corrected chi connectivity index (χ2v) is 7.56. The molecule has 0 bridgehead atoms. The average Bonchev–Trinajstić information content (AvgIpc) is 2.65. The summed E-state index contributed by atoms with van der Waals surface area (Å²) in [6.45, 7) is 0. The van der Waals surface area contributed by atoms with Crippen molar-refractivity contribution in [3.8, 4) is 5.75 Å². The van der Waals surface area contributed by atoms with Gasteiger partial charge in [-0.2, -0.15) is 0 Å². The standard InChI is InChI=1S/C19H16BrClN2OS/c1-24-18-9-15(20)16(21)10-17(18)23-19-8-7-14(11-22-19)25-12-13-5-3-2-4-6-13/h2-11H,12H2,1H3,(H,22,23). The maximum atomic E-state index is 6.17. The zero-order valence-electron chi connectivity index (χ0n) is 13.5. The third-order valence-corrected chi connectivity index (χ3v) is 5.74. The maximum Gasteiger partial charge on any atom is 0.143 e. The molecule has 3 aromatic rings. The predicted molar refractivity (Wildman–Crippen MR) is 109 cm³/mol. The Balaban J connectivity index is 1.68. The summed E-state index contributed by atoms with van der Waals surface area (Å²) in [5, 5.41) is 3.85. The van der Waals surface area contributed by atoms with Crippen molar-refractivity contribution < 1.29 is 4.74 Å². The number of pyridine rings is 1. The molecule has 1 N–H and O–H groups in total. The number of methoxy groups -OCH3 is 1. The van der Waals surface area contributed by atoms with E-state index in [-0.39, 0.29) is 0 Å². The highest BCUT2D eigenvalue weighted by atomic mass is 79.9. The molecule has 0 aliphatic carbocycles. The van der Waals surface area contributed by atoms with Crippen LogP contribution in [0.15, 0.2) is 70.2 Å². The van der Waals surface area contributed by atoms with Crippen LogP contribution in [0.1, 0.15) is 5.56 Å². The van der Waals surface area contributed by atoms with Gasteiger partial charge in [0.1, 0.15) is 11.6 Å². The number of ether oxygens (including phenoxy) is 1. The molecule has 0 unspecified atom stereocenters. The highest BCUT2D eigenvalue weighted by Gasteiger charge is 2.09. The van der Waals surface area contributed by atoms with E-state index >= 15 is 0 Å². The lowest BCUT2D eigenvalue weighted by Crippen LogP contribution is -1.97. The van der Waals surface area contributed by atoms with Gasteiger partial charge in [0.25, 0.3) is 0 Å². The van der Waals surface area contributed by atoms with Gasteiger partial charge < -0.3 is 10.1 Å². The van der Waals surface area contributed by atoms with E-state index in [1.165, 1.54) is 5.56 Å². The van der Waals surface area contributed by atoms with Gasteiger partial charge in [-0.1, -0.05) is 41.9 Å². The number of benzene rings is 2. The third kappa shape index (κ3) is 4.91. The van der Waals surface area contributed by atoms with Gasteiger partial charge in [0.2, 0.25) is 0 Å². The van der Waals surface area contributed by atoms with Crippen molar-refractivity contribution in [2.45, 2.75) is 10.6 Å². The Morgan fingerprint density at radius 3 is 2.64 bits per heavy atom. The molecule has 3 nitrogen and oxygen atoms in total. The van der Waals surface area contributed by atoms with Crippen molar-refractivity contribution in [3.63, 3.8) is 0 Å². The molecule has 3 rings (SSSR count). The first-order valence-electron chi connectivity index (χ1n) is 7.58. The number of anilines is 2. The number of hydrogen-bond donors (Lipinski definition) is 1. The summed E-state index contributed by atoms with van der Waals surface area (Å²) in [6.07, 6.45) is 1.86. The molecule has 6 heteroatoms. The van der Waals surface area contributed by atoms with Crippen LogP contribution in [-0.4, -0.2) is 12.1 Å². The number of halogens is 2. The third-order valence-electron chi connectivity index (χ3n) is 3.49. The van der Waals surface area contributed by atoms with E-state index in [1.807, 2.05) is 30.5 Å². The van der Waals surface area contributed by atoms with Crippen molar-refractivity contribution >= 4 is 50.8 Å². The molecule has 0 amide bonds. The van der Waals surface area contributed by atoms with Crippen LogP contribution in [0.25, 0.3) is 0 Å². The van der Waals surface area contributed by atoms with Gasteiger partial charge in [0, 0.05) is 21.3 Å². The summed E-state index contributed by atoms with van der Waals surface area (Å²) in [6, 6.07) is 18.0. The number of nitrogens with zero attached hydrogens (tertiary/aromatic N) is 1. The Kier molecular flexibility index (Phi) is 6.24. The zero-order valence-corrected chi connectivity index (χ0v) is 16.7. The summed E-state index contributed by atoms with van der Waals surface area (Å²) in [7, 11) is 1.62. The highest BCUT2D eigenvalue weighted by Crippen LogP contribution is 2.35. The summed E-state index contributed by atoms with van der Waals surface area (Å²) >= 11 is 11.3. The molecule has 0 spiro atoms. The van der Waals surface area contributed by atoms with E-state index in [1.54, 1.807) is 18.9 Å².